The number of aliphatic carboxylic acids is 1. The Kier molecular flexibility index (Phi) is 4.31. The molecule has 0 atom stereocenters. The first kappa shape index (κ1) is 14.0. The van der Waals surface area contributed by atoms with Crippen LogP contribution in [0.1, 0.15) is 9.75 Å². The highest BCUT2D eigenvalue weighted by molar-refractivity contribution is 7.12. The molecule has 1 N–H and O–H groups in total. The lowest BCUT2D eigenvalue weighted by Gasteiger charge is -2.04. The van der Waals surface area contributed by atoms with Crippen molar-refractivity contribution in [1.82, 2.24) is 9.78 Å². The molecule has 0 aliphatic carbocycles. The third kappa shape index (κ3) is 3.55. The SMILES string of the molecule is COc1ccc(=O)n(Cc2ccc(/C=C/C(=O)O)s2)n1. The van der Waals surface area contributed by atoms with E-state index < -0.39 is 5.97 Å². The van der Waals surface area contributed by atoms with Crippen LogP contribution in [0.3, 0.4) is 0 Å². The number of hydrogen-bond donors (Lipinski definition) is 1. The van der Waals surface area contributed by atoms with Crippen LogP contribution in [0, 0.1) is 0 Å². The van der Waals surface area contributed by atoms with Crippen molar-refractivity contribution in [1.29, 1.82) is 0 Å². The lowest BCUT2D eigenvalue weighted by molar-refractivity contribution is -0.131. The van der Waals surface area contributed by atoms with Crippen molar-refractivity contribution in [2.75, 3.05) is 7.11 Å². The Morgan fingerprint density at radius 3 is 2.95 bits per heavy atom. The Hall–Kier alpha value is -2.41. The van der Waals surface area contributed by atoms with Crippen molar-refractivity contribution in [2.24, 2.45) is 0 Å². The predicted octanol–water partition coefficient (Wildman–Crippen LogP) is 1.46. The molecule has 0 saturated carbocycles. The van der Waals surface area contributed by atoms with Gasteiger partial charge in [0.1, 0.15) is 0 Å². The molecule has 0 fully saturated rings. The van der Waals surface area contributed by atoms with Crippen LogP contribution in [-0.2, 0) is 11.3 Å². The molecule has 0 spiro atoms. The van der Waals surface area contributed by atoms with E-state index in [1.807, 2.05) is 6.07 Å². The Morgan fingerprint density at radius 2 is 2.25 bits per heavy atom. The van der Waals surface area contributed by atoms with E-state index in [1.54, 1.807) is 6.07 Å². The lowest BCUT2D eigenvalue weighted by atomic mass is 10.4. The van der Waals surface area contributed by atoms with Gasteiger partial charge in [-0.25, -0.2) is 9.48 Å². The third-order valence-corrected chi connectivity index (χ3v) is 3.46. The highest BCUT2D eigenvalue weighted by Gasteiger charge is 2.04. The van der Waals surface area contributed by atoms with Crippen molar-refractivity contribution in [3.05, 3.63) is 50.4 Å². The summed E-state index contributed by atoms with van der Waals surface area (Å²) in [5.74, 6) is -0.627. The van der Waals surface area contributed by atoms with E-state index in [9.17, 15) is 9.59 Å². The van der Waals surface area contributed by atoms with Crippen LogP contribution in [0.15, 0.2) is 35.1 Å². The summed E-state index contributed by atoms with van der Waals surface area (Å²) in [5.41, 5.74) is -0.221. The molecule has 6 nitrogen and oxygen atoms in total. The summed E-state index contributed by atoms with van der Waals surface area (Å²) in [6.45, 7) is 0.321. The molecule has 0 saturated heterocycles. The van der Waals surface area contributed by atoms with Gasteiger partial charge in [-0.05, 0) is 18.2 Å². The van der Waals surface area contributed by atoms with Gasteiger partial charge < -0.3 is 9.84 Å². The maximum atomic E-state index is 11.7. The van der Waals surface area contributed by atoms with Crippen LogP contribution in [-0.4, -0.2) is 28.0 Å². The Morgan fingerprint density at radius 1 is 1.45 bits per heavy atom. The first-order valence-corrected chi connectivity index (χ1v) is 6.52. The molecule has 0 aromatic carbocycles. The normalized spacial score (nSPS) is 10.8. The summed E-state index contributed by atoms with van der Waals surface area (Å²) in [6.07, 6.45) is 2.59. The standard InChI is InChI=1S/C13H12N2O4S/c1-19-11-5-6-12(16)15(14-11)8-10-3-2-9(20-10)4-7-13(17)18/h2-7H,8H2,1H3,(H,17,18)/b7-4+. The average molecular weight is 292 g/mol. The highest BCUT2D eigenvalue weighted by atomic mass is 32.1. The number of aromatic nitrogens is 2. The monoisotopic (exact) mass is 292 g/mol. The van der Waals surface area contributed by atoms with Crippen LogP contribution in [0.5, 0.6) is 5.88 Å². The first-order valence-electron chi connectivity index (χ1n) is 5.70. The van der Waals surface area contributed by atoms with Crippen molar-refractivity contribution >= 4 is 23.4 Å². The summed E-state index contributed by atoms with van der Waals surface area (Å²) in [5, 5.41) is 12.6. The fraction of sp³-hybridized carbons (Fsp3) is 0.154. The zero-order valence-electron chi connectivity index (χ0n) is 10.6. The number of nitrogens with zero attached hydrogens (tertiary/aromatic N) is 2. The van der Waals surface area contributed by atoms with Crippen LogP contribution in [0.25, 0.3) is 6.08 Å². The van der Waals surface area contributed by atoms with Gasteiger partial charge in [0.15, 0.2) is 0 Å². The second kappa shape index (κ2) is 6.16. The fourth-order valence-electron chi connectivity index (χ4n) is 1.52. The van der Waals surface area contributed by atoms with Crippen LogP contribution in [0.4, 0.5) is 0 Å². The number of carboxylic acid groups (broad SMARTS) is 1. The minimum absolute atomic E-state index is 0.221. The quantitative estimate of drug-likeness (QED) is 0.844. The van der Waals surface area contributed by atoms with Crippen LogP contribution < -0.4 is 10.3 Å². The minimum atomic E-state index is -0.995. The number of ether oxygens (including phenoxy) is 1. The van der Waals surface area contributed by atoms with Gasteiger partial charge in [0.2, 0.25) is 5.88 Å². The smallest absolute Gasteiger partial charge is 0.328 e. The number of thiophene rings is 1. The minimum Gasteiger partial charge on any atom is -0.480 e. The Labute approximate surface area is 118 Å². The molecule has 7 heteroatoms. The van der Waals surface area contributed by atoms with E-state index in [-0.39, 0.29) is 5.56 Å². The van der Waals surface area contributed by atoms with Crippen molar-refractivity contribution < 1.29 is 14.6 Å². The van der Waals surface area contributed by atoms with E-state index in [4.69, 9.17) is 9.84 Å². The van der Waals surface area contributed by atoms with Gasteiger partial charge in [0.05, 0.1) is 13.7 Å². The summed E-state index contributed by atoms with van der Waals surface area (Å²) in [7, 11) is 1.48. The second-order valence-electron chi connectivity index (χ2n) is 3.85. The van der Waals surface area contributed by atoms with E-state index in [1.165, 1.54) is 41.3 Å². The molecule has 0 radical (unpaired) electrons. The summed E-state index contributed by atoms with van der Waals surface area (Å²) >= 11 is 1.40. The summed E-state index contributed by atoms with van der Waals surface area (Å²) < 4.78 is 6.27. The first-order chi connectivity index (χ1) is 9.58. The topological polar surface area (TPSA) is 81.4 Å². The van der Waals surface area contributed by atoms with Gasteiger partial charge in [-0.2, -0.15) is 0 Å². The van der Waals surface area contributed by atoms with E-state index in [0.717, 1.165) is 15.8 Å². The fourth-order valence-corrected chi connectivity index (χ4v) is 2.42. The predicted molar refractivity (Wildman–Crippen MR) is 75.1 cm³/mol. The van der Waals surface area contributed by atoms with E-state index >= 15 is 0 Å². The number of carbonyl (C=O) groups is 1. The second-order valence-corrected chi connectivity index (χ2v) is 5.05. The van der Waals surface area contributed by atoms with Gasteiger partial charge in [0.25, 0.3) is 5.56 Å². The largest absolute Gasteiger partial charge is 0.480 e. The number of rotatable bonds is 5. The zero-order valence-corrected chi connectivity index (χ0v) is 11.5. The Balaban J connectivity index is 2.18. The molecular weight excluding hydrogens is 280 g/mol. The number of carboxylic acids is 1. The molecule has 0 aliphatic heterocycles. The van der Waals surface area contributed by atoms with Gasteiger partial charge in [-0.1, -0.05) is 0 Å². The lowest BCUT2D eigenvalue weighted by Crippen LogP contribution is -2.22. The van der Waals surface area contributed by atoms with E-state index in [2.05, 4.69) is 5.10 Å². The molecular formula is C13H12N2O4S. The van der Waals surface area contributed by atoms with Gasteiger partial charge in [-0.3, -0.25) is 4.79 Å². The molecule has 104 valence electrons. The van der Waals surface area contributed by atoms with Crippen LogP contribution >= 0.6 is 11.3 Å². The van der Waals surface area contributed by atoms with Crippen molar-refractivity contribution in [2.45, 2.75) is 6.54 Å². The molecule has 0 bridgehead atoms. The van der Waals surface area contributed by atoms with Crippen molar-refractivity contribution in [3.8, 4) is 5.88 Å². The molecule has 0 unspecified atom stereocenters. The molecule has 20 heavy (non-hydrogen) atoms. The van der Waals surface area contributed by atoms with Crippen molar-refractivity contribution in [3.63, 3.8) is 0 Å². The van der Waals surface area contributed by atoms with Gasteiger partial charge in [-0.15, -0.1) is 16.4 Å². The molecule has 0 aliphatic rings. The third-order valence-electron chi connectivity index (χ3n) is 2.43. The molecule has 2 aromatic heterocycles. The maximum Gasteiger partial charge on any atom is 0.328 e. The van der Waals surface area contributed by atoms with Gasteiger partial charge in [0, 0.05) is 28.0 Å². The number of hydrogen-bond acceptors (Lipinski definition) is 5. The zero-order chi connectivity index (χ0) is 14.5. The molecule has 0 amide bonds. The summed E-state index contributed by atoms with van der Waals surface area (Å²) in [4.78, 5) is 23.8. The molecule has 2 rings (SSSR count). The molecule has 2 heterocycles. The van der Waals surface area contributed by atoms with Gasteiger partial charge >= 0.3 is 5.97 Å². The summed E-state index contributed by atoms with van der Waals surface area (Å²) in [6, 6.07) is 6.53. The molecule has 2 aromatic rings. The van der Waals surface area contributed by atoms with Crippen LogP contribution in [0.2, 0.25) is 0 Å². The highest BCUT2D eigenvalue weighted by Crippen LogP contribution is 2.18. The number of methoxy groups -OCH3 is 1. The average Bonchev–Trinajstić information content (AvgIpc) is 2.86. The Bertz CT molecular complexity index is 702. The maximum absolute atomic E-state index is 11.7. The van der Waals surface area contributed by atoms with E-state index in [0.29, 0.717) is 12.4 Å².